The number of benzene rings is 1. The lowest BCUT2D eigenvalue weighted by Crippen LogP contribution is -2.27. The van der Waals surface area contributed by atoms with E-state index in [0.29, 0.717) is 0 Å². The molecular weight excluding hydrogens is 299 g/mol. The summed E-state index contributed by atoms with van der Waals surface area (Å²) in [5.74, 6) is 5.57. The molecule has 0 bridgehead atoms. The second kappa shape index (κ2) is 5.63. The first-order chi connectivity index (χ1) is 7.06. The van der Waals surface area contributed by atoms with Crippen LogP contribution in [-0.2, 0) is 0 Å². The van der Waals surface area contributed by atoms with Crippen molar-refractivity contribution in [1.29, 1.82) is 0 Å². The highest BCUT2D eigenvalue weighted by Crippen LogP contribution is 2.24. The summed E-state index contributed by atoms with van der Waals surface area (Å²) in [5.41, 5.74) is 6.62. The molecule has 1 unspecified atom stereocenters. The van der Waals surface area contributed by atoms with Crippen LogP contribution in [0.5, 0.6) is 0 Å². The molecule has 0 saturated carbocycles. The van der Waals surface area contributed by atoms with Crippen molar-refractivity contribution < 1.29 is 0 Å². The summed E-state index contributed by atoms with van der Waals surface area (Å²) in [6.07, 6.45) is 2.14. The monoisotopic (exact) mass is 316 g/mol. The maximum absolute atomic E-state index is 5.57. The molecule has 1 aromatic carbocycles. The molecule has 0 spiro atoms. The van der Waals surface area contributed by atoms with Crippen LogP contribution in [0.3, 0.4) is 0 Å². The third-order valence-corrected chi connectivity index (χ3v) is 3.71. The van der Waals surface area contributed by atoms with Crippen molar-refractivity contribution in [2.24, 2.45) is 5.84 Å². The number of aryl methyl sites for hydroxylation is 1. The van der Waals surface area contributed by atoms with Gasteiger partial charge in [-0.3, -0.25) is 5.84 Å². The van der Waals surface area contributed by atoms with Crippen molar-refractivity contribution in [1.82, 2.24) is 5.43 Å². The lowest BCUT2D eigenvalue weighted by atomic mass is 10.0. The predicted octanol–water partition coefficient (Wildman–Crippen LogP) is 3.07. The molecule has 3 N–H and O–H groups in total. The number of hydrogen-bond donors (Lipinski definition) is 2. The summed E-state index contributed by atoms with van der Waals surface area (Å²) in [4.78, 5) is 0. The van der Waals surface area contributed by atoms with Gasteiger partial charge in [-0.05, 0) is 54.5 Å². The molecule has 3 heteroatoms. The number of hydrazine groups is 1. The topological polar surface area (TPSA) is 38.0 Å². The first-order valence-electron chi connectivity index (χ1n) is 4.92. The van der Waals surface area contributed by atoms with Gasteiger partial charge >= 0.3 is 0 Å². The number of allylic oxidation sites excluding steroid dienone is 1. The van der Waals surface area contributed by atoms with Crippen LogP contribution in [0.1, 0.15) is 31.0 Å². The average Bonchev–Trinajstić information content (AvgIpc) is 2.19. The average molecular weight is 316 g/mol. The predicted molar refractivity (Wildman–Crippen MR) is 73.4 cm³/mol. The van der Waals surface area contributed by atoms with Crippen molar-refractivity contribution in [2.75, 3.05) is 0 Å². The Labute approximate surface area is 105 Å². The van der Waals surface area contributed by atoms with Crippen LogP contribution in [0, 0.1) is 10.5 Å². The highest BCUT2D eigenvalue weighted by Gasteiger charge is 2.10. The van der Waals surface area contributed by atoms with Gasteiger partial charge in [0.15, 0.2) is 0 Å². The maximum Gasteiger partial charge on any atom is 0.0653 e. The van der Waals surface area contributed by atoms with Crippen LogP contribution in [0.25, 0.3) is 0 Å². The third kappa shape index (κ3) is 3.29. The second-order valence-corrected chi connectivity index (χ2v) is 4.95. The molecule has 0 amide bonds. The number of nitrogens with one attached hydrogen (secondary N) is 1. The highest BCUT2D eigenvalue weighted by molar-refractivity contribution is 14.1. The van der Waals surface area contributed by atoms with Gasteiger partial charge < -0.3 is 0 Å². The Bertz CT molecular complexity index is 368. The van der Waals surface area contributed by atoms with E-state index in [9.17, 15) is 0 Å². The molecule has 82 valence electrons. The quantitative estimate of drug-likeness (QED) is 0.389. The number of hydrogen-bond acceptors (Lipinski definition) is 2. The largest absolute Gasteiger partial charge is 0.271 e. The van der Waals surface area contributed by atoms with Crippen LogP contribution in [0.2, 0.25) is 0 Å². The van der Waals surface area contributed by atoms with Gasteiger partial charge in [-0.15, -0.1) is 0 Å². The Hall–Kier alpha value is -0.390. The summed E-state index contributed by atoms with van der Waals surface area (Å²) in [6.45, 7) is 6.27. The molecule has 0 aromatic heterocycles. The minimum absolute atomic E-state index is 0.0989. The zero-order valence-corrected chi connectivity index (χ0v) is 11.5. The molecule has 15 heavy (non-hydrogen) atoms. The van der Waals surface area contributed by atoms with E-state index in [0.717, 1.165) is 0 Å². The molecule has 1 aromatic rings. The normalized spacial score (nSPS) is 12.3. The van der Waals surface area contributed by atoms with E-state index >= 15 is 0 Å². The summed E-state index contributed by atoms with van der Waals surface area (Å²) in [7, 11) is 0. The number of rotatable bonds is 3. The van der Waals surface area contributed by atoms with Crippen LogP contribution in [-0.4, -0.2) is 0 Å². The fourth-order valence-corrected chi connectivity index (χ4v) is 2.17. The van der Waals surface area contributed by atoms with Gasteiger partial charge in [-0.2, -0.15) is 0 Å². The van der Waals surface area contributed by atoms with Gasteiger partial charge in [-0.25, -0.2) is 5.43 Å². The third-order valence-electron chi connectivity index (χ3n) is 2.24. The SMILES string of the molecule is CC(C)=CC(NN)c1cccc(C)c1I. The molecule has 0 aliphatic heterocycles. The maximum atomic E-state index is 5.57. The van der Waals surface area contributed by atoms with E-state index in [1.165, 1.54) is 20.3 Å². The minimum atomic E-state index is 0.0989. The Morgan fingerprint density at radius 3 is 2.67 bits per heavy atom. The van der Waals surface area contributed by atoms with Gasteiger partial charge in [0, 0.05) is 3.57 Å². The molecule has 0 fully saturated rings. The zero-order valence-electron chi connectivity index (χ0n) is 9.34. The molecule has 2 nitrogen and oxygen atoms in total. The first kappa shape index (κ1) is 12.7. The standard InChI is InChI=1S/C12H17IN2/c1-8(2)7-11(15-14)10-6-4-5-9(3)12(10)13/h4-7,11,15H,14H2,1-3H3. The minimum Gasteiger partial charge on any atom is -0.271 e. The smallest absolute Gasteiger partial charge is 0.0653 e. The lowest BCUT2D eigenvalue weighted by Gasteiger charge is -2.16. The van der Waals surface area contributed by atoms with E-state index in [1.54, 1.807) is 0 Å². The van der Waals surface area contributed by atoms with Crippen molar-refractivity contribution in [3.05, 3.63) is 44.5 Å². The zero-order chi connectivity index (χ0) is 11.4. The van der Waals surface area contributed by atoms with E-state index in [2.05, 4.69) is 73.1 Å². The molecule has 0 aliphatic rings. The van der Waals surface area contributed by atoms with Gasteiger partial charge in [0.2, 0.25) is 0 Å². The van der Waals surface area contributed by atoms with Crippen LogP contribution < -0.4 is 11.3 Å². The fourth-order valence-electron chi connectivity index (χ4n) is 1.47. The Balaban J connectivity index is 3.13. The lowest BCUT2D eigenvalue weighted by molar-refractivity contribution is 0.649. The summed E-state index contributed by atoms with van der Waals surface area (Å²) in [6, 6.07) is 6.39. The summed E-state index contributed by atoms with van der Waals surface area (Å²) >= 11 is 2.37. The molecular formula is C12H17IN2. The Morgan fingerprint density at radius 2 is 2.13 bits per heavy atom. The molecule has 0 saturated heterocycles. The molecule has 0 heterocycles. The number of nitrogens with two attached hydrogens (primary N) is 1. The van der Waals surface area contributed by atoms with E-state index in [4.69, 9.17) is 5.84 Å². The van der Waals surface area contributed by atoms with Crippen LogP contribution in [0.4, 0.5) is 0 Å². The van der Waals surface area contributed by atoms with Gasteiger partial charge in [0.25, 0.3) is 0 Å². The van der Waals surface area contributed by atoms with Gasteiger partial charge in [0.05, 0.1) is 6.04 Å². The van der Waals surface area contributed by atoms with E-state index < -0.39 is 0 Å². The fraction of sp³-hybridized carbons (Fsp3) is 0.333. The first-order valence-corrected chi connectivity index (χ1v) is 6.00. The molecule has 0 aliphatic carbocycles. The number of halogens is 1. The summed E-state index contributed by atoms with van der Waals surface area (Å²) in [5, 5.41) is 0. The van der Waals surface area contributed by atoms with Crippen molar-refractivity contribution >= 4 is 22.6 Å². The second-order valence-electron chi connectivity index (χ2n) is 3.87. The Kier molecular flexibility index (Phi) is 4.76. The Morgan fingerprint density at radius 1 is 1.47 bits per heavy atom. The van der Waals surface area contributed by atoms with Gasteiger partial charge in [-0.1, -0.05) is 29.8 Å². The van der Waals surface area contributed by atoms with Crippen molar-refractivity contribution in [2.45, 2.75) is 26.8 Å². The highest BCUT2D eigenvalue weighted by atomic mass is 127. The van der Waals surface area contributed by atoms with Crippen LogP contribution in [0.15, 0.2) is 29.8 Å². The van der Waals surface area contributed by atoms with E-state index in [1.807, 2.05) is 0 Å². The van der Waals surface area contributed by atoms with E-state index in [-0.39, 0.29) is 6.04 Å². The molecule has 1 atom stereocenters. The molecule has 1 rings (SSSR count). The molecule has 0 radical (unpaired) electrons. The van der Waals surface area contributed by atoms with Gasteiger partial charge in [0.1, 0.15) is 0 Å². The van der Waals surface area contributed by atoms with Crippen LogP contribution >= 0.6 is 22.6 Å². The summed E-state index contributed by atoms with van der Waals surface area (Å²) < 4.78 is 1.27. The van der Waals surface area contributed by atoms with Crippen molar-refractivity contribution in [3.63, 3.8) is 0 Å². The van der Waals surface area contributed by atoms with Crippen molar-refractivity contribution in [3.8, 4) is 0 Å².